The lowest BCUT2D eigenvalue weighted by Crippen LogP contribution is -2.30. The number of pyridine rings is 1. The molecule has 0 radical (unpaired) electrons. The van der Waals surface area contributed by atoms with Gasteiger partial charge in [0.15, 0.2) is 6.61 Å². The van der Waals surface area contributed by atoms with E-state index >= 15 is 0 Å². The number of carbonyl (C=O) groups excluding carboxylic acids is 1. The Balaban J connectivity index is 1.54. The summed E-state index contributed by atoms with van der Waals surface area (Å²) in [7, 11) is 0. The van der Waals surface area contributed by atoms with Crippen molar-refractivity contribution in [3.05, 3.63) is 60.6 Å². The van der Waals surface area contributed by atoms with Crippen LogP contribution in [0, 0.1) is 0 Å². The van der Waals surface area contributed by atoms with Gasteiger partial charge in [-0.25, -0.2) is 0 Å². The van der Waals surface area contributed by atoms with E-state index in [1.807, 2.05) is 30.3 Å². The van der Waals surface area contributed by atoms with Crippen molar-refractivity contribution in [2.75, 3.05) is 13.2 Å². The normalized spacial score (nSPS) is 11.0. The second kappa shape index (κ2) is 7.83. The topological polar surface area (TPSA) is 56.1 Å². The fraction of sp³-hybridized carbons (Fsp3) is 0.300. The predicted octanol–water partition coefficient (Wildman–Crippen LogP) is 3.35. The van der Waals surface area contributed by atoms with Gasteiger partial charge in [-0.3, -0.25) is 9.78 Å². The molecule has 0 aliphatic rings. The second-order valence-corrected chi connectivity index (χ2v) is 6.25. The molecule has 0 aliphatic heterocycles. The number of hydrogen-bond acceptors (Lipinski definition) is 3. The lowest BCUT2D eigenvalue weighted by molar-refractivity contribution is -0.123. The number of ether oxygens (including phenoxy) is 1. The standard InChI is InChI=1S/C20H23N3O2/c1-15(2)23-13-9-17-18(23)4-3-5-19(17)25-14-20(24)22-12-8-16-6-10-21-11-7-16/h3-7,9-11,13,15H,8,12,14H2,1-2H3,(H,22,24). The number of amides is 1. The smallest absolute Gasteiger partial charge is 0.257 e. The SMILES string of the molecule is CC(C)n1ccc2c(OCC(=O)NCCc3ccncc3)cccc21. The summed E-state index contributed by atoms with van der Waals surface area (Å²) in [5.74, 6) is 0.621. The number of nitrogens with one attached hydrogen (secondary N) is 1. The van der Waals surface area contributed by atoms with Crippen LogP contribution < -0.4 is 10.1 Å². The minimum absolute atomic E-state index is 0.0162. The third-order valence-electron chi connectivity index (χ3n) is 4.12. The summed E-state index contributed by atoms with van der Waals surface area (Å²) in [5, 5.41) is 3.91. The predicted molar refractivity (Wildman–Crippen MR) is 98.8 cm³/mol. The molecule has 2 aromatic heterocycles. The van der Waals surface area contributed by atoms with Gasteiger partial charge in [0.1, 0.15) is 5.75 Å². The Bertz CT molecular complexity index is 841. The number of aromatic nitrogens is 2. The van der Waals surface area contributed by atoms with Crippen LogP contribution in [0.5, 0.6) is 5.75 Å². The number of rotatable bonds is 7. The van der Waals surface area contributed by atoms with Gasteiger partial charge in [0.05, 0.1) is 5.52 Å². The quantitative estimate of drug-likeness (QED) is 0.719. The molecule has 3 aromatic rings. The Morgan fingerprint density at radius 1 is 1.20 bits per heavy atom. The maximum absolute atomic E-state index is 12.0. The highest BCUT2D eigenvalue weighted by atomic mass is 16.5. The van der Waals surface area contributed by atoms with Crippen LogP contribution in [0.15, 0.2) is 55.0 Å². The Kier molecular flexibility index (Phi) is 5.33. The molecule has 25 heavy (non-hydrogen) atoms. The highest BCUT2D eigenvalue weighted by Gasteiger charge is 2.10. The first kappa shape index (κ1) is 17.0. The minimum Gasteiger partial charge on any atom is -0.483 e. The van der Waals surface area contributed by atoms with Crippen molar-refractivity contribution in [3.63, 3.8) is 0 Å². The molecular weight excluding hydrogens is 314 g/mol. The van der Waals surface area contributed by atoms with Gasteiger partial charge in [-0.15, -0.1) is 0 Å². The first-order chi connectivity index (χ1) is 12.1. The monoisotopic (exact) mass is 337 g/mol. The Hall–Kier alpha value is -2.82. The van der Waals surface area contributed by atoms with E-state index in [1.165, 1.54) is 0 Å². The van der Waals surface area contributed by atoms with Crippen LogP contribution in [-0.4, -0.2) is 28.6 Å². The van der Waals surface area contributed by atoms with E-state index in [9.17, 15) is 4.79 Å². The van der Waals surface area contributed by atoms with Crippen molar-refractivity contribution in [3.8, 4) is 5.75 Å². The van der Waals surface area contributed by atoms with Crippen LogP contribution in [0.2, 0.25) is 0 Å². The molecule has 0 saturated heterocycles. The molecule has 3 rings (SSSR count). The van der Waals surface area contributed by atoms with Gasteiger partial charge in [-0.05, 0) is 56.2 Å². The van der Waals surface area contributed by atoms with Crippen molar-refractivity contribution in [2.24, 2.45) is 0 Å². The molecule has 0 aliphatic carbocycles. The summed E-state index contributed by atoms with van der Waals surface area (Å²) in [5.41, 5.74) is 2.27. The second-order valence-electron chi connectivity index (χ2n) is 6.25. The van der Waals surface area contributed by atoms with E-state index in [-0.39, 0.29) is 12.5 Å². The summed E-state index contributed by atoms with van der Waals surface area (Å²) in [4.78, 5) is 16.0. The van der Waals surface area contributed by atoms with Crippen LogP contribution >= 0.6 is 0 Å². The van der Waals surface area contributed by atoms with Gasteiger partial charge < -0.3 is 14.6 Å². The molecule has 1 N–H and O–H groups in total. The third-order valence-corrected chi connectivity index (χ3v) is 4.12. The van der Waals surface area contributed by atoms with E-state index in [4.69, 9.17) is 4.74 Å². The average Bonchev–Trinajstić information content (AvgIpc) is 3.06. The first-order valence-electron chi connectivity index (χ1n) is 8.53. The Labute approximate surface area is 147 Å². The van der Waals surface area contributed by atoms with Gasteiger partial charge in [-0.1, -0.05) is 6.07 Å². The van der Waals surface area contributed by atoms with Crippen LogP contribution in [0.1, 0.15) is 25.5 Å². The van der Waals surface area contributed by atoms with Crippen LogP contribution in [0.4, 0.5) is 0 Å². The Morgan fingerprint density at radius 3 is 2.76 bits per heavy atom. The number of hydrogen-bond donors (Lipinski definition) is 1. The molecular formula is C20H23N3O2. The largest absolute Gasteiger partial charge is 0.483 e. The summed E-state index contributed by atoms with van der Waals surface area (Å²) < 4.78 is 7.93. The molecule has 2 heterocycles. The van der Waals surface area contributed by atoms with Gasteiger partial charge in [0, 0.05) is 36.6 Å². The molecule has 0 bridgehead atoms. The number of carbonyl (C=O) groups is 1. The lowest BCUT2D eigenvalue weighted by atomic mass is 10.2. The van der Waals surface area contributed by atoms with Gasteiger partial charge >= 0.3 is 0 Å². The van der Waals surface area contributed by atoms with Crippen LogP contribution in [-0.2, 0) is 11.2 Å². The maximum atomic E-state index is 12.0. The molecule has 5 heteroatoms. The molecule has 0 unspecified atom stereocenters. The maximum Gasteiger partial charge on any atom is 0.257 e. The summed E-state index contributed by atoms with van der Waals surface area (Å²) >= 11 is 0. The molecule has 5 nitrogen and oxygen atoms in total. The van der Waals surface area contributed by atoms with Crippen molar-refractivity contribution in [1.29, 1.82) is 0 Å². The van der Waals surface area contributed by atoms with Crippen molar-refractivity contribution >= 4 is 16.8 Å². The van der Waals surface area contributed by atoms with Crippen molar-refractivity contribution in [1.82, 2.24) is 14.9 Å². The van der Waals surface area contributed by atoms with Crippen molar-refractivity contribution < 1.29 is 9.53 Å². The van der Waals surface area contributed by atoms with E-state index < -0.39 is 0 Å². The van der Waals surface area contributed by atoms with E-state index in [1.54, 1.807) is 12.4 Å². The molecule has 1 aromatic carbocycles. The zero-order valence-corrected chi connectivity index (χ0v) is 14.6. The van der Waals surface area contributed by atoms with Gasteiger partial charge in [-0.2, -0.15) is 0 Å². The highest BCUT2D eigenvalue weighted by Crippen LogP contribution is 2.28. The van der Waals surface area contributed by atoms with Crippen molar-refractivity contribution in [2.45, 2.75) is 26.3 Å². The zero-order chi connectivity index (χ0) is 17.6. The van der Waals surface area contributed by atoms with Crippen LogP contribution in [0.3, 0.4) is 0 Å². The molecule has 0 saturated carbocycles. The zero-order valence-electron chi connectivity index (χ0n) is 14.6. The lowest BCUT2D eigenvalue weighted by Gasteiger charge is -2.11. The average molecular weight is 337 g/mol. The number of benzene rings is 1. The molecule has 1 amide bonds. The Morgan fingerprint density at radius 2 is 2.00 bits per heavy atom. The molecule has 130 valence electrons. The van der Waals surface area contributed by atoms with Gasteiger partial charge in [0.2, 0.25) is 0 Å². The number of fused-ring (bicyclic) bond motifs is 1. The third kappa shape index (κ3) is 4.18. The highest BCUT2D eigenvalue weighted by molar-refractivity contribution is 5.87. The first-order valence-corrected chi connectivity index (χ1v) is 8.53. The van der Waals surface area contributed by atoms with Gasteiger partial charge in [0.25, 0.3) is 5.91 Å². The minimum atomic E-state index is -0.116. The van der Waals surface area contributed by atoms with Crippen LogP contribution in [0.25, 0.3) is 10.9 Å². The van der Waals surface area contributed by atoms with E-state index in [0.29, 0.717) is 12.6 Å². The molecule has 0 spiro atoms. The molecule has 0 fully saturated rings. The number of nitrogens with zero attached hydrogens (tertiary/aromatic N) is 2. The van der Waals surface area contributed by atoms with E-state index in [0.717, 1.165) is 28.6 Å². The summed E-state index contributed by atoms with van der Waals surface area (Å²) in [6, 6.07) is 12.2. The summed E-state index contributed by atoms with van der Waals surface area (Å²) in [6.45, 7) is 4.88. The molecule has 0 atom stereocenters. The fourth-order valence-electron chi connectivity index (χ4n) is 2.83. The van der Waals surface area contributed by atoms with E-state index in [2.05, 4.69) is 41.0 Å². The summed E-state index contributed by atoms with van der Waals surface area (Å²) in [6.07, 6.45) is 6.34. The fourth-order valence-corrected chi connectivity index (χ4v) is 2.83.